The van der Waals surface area contributed by atoms with E-state index in [0.29, 0.717) is 0 Å². The van der Waals surface area contributed by atoms with Crippen LogP contribution in [0.25, 0.3) is 0 Å². The van der Waals surface area contributed by atoms with Crippen molar-refractivity contribution in [3.63, 3.8) is 0 Å². The Bertz CT molecular complexity index is 519. The number of para-hydroxylation sites is 1. The molecular formula is C18H25N3O. The first kappa shape index (κ1) is 15.1. The van der Waals surface area contributed by atoms with Gasteiger partial charge in [0, 0.05) is 37.9 Å². The van der Waals surface area contributed by atoms with Crippen molar-refractivity contribution < 1.29 is 4.52 Å². The second kappa shape index (κ2) is 7.99. The molecule has 2 heterocycles. The van der Waals surface area contributed by atoms with Gasteiger partial charge in [-0.1, -0.05) is 29.8 Å². The van der Waals surface area contributed by atoms with Crippen molar-refractivity contribution in [2.24, 2.45) is 0 Å². The number of unbranched alkanes of at least 4 members (excludes halogenated alkanes) is 2. The predicted molar refractivity (Wildman–Crippen MR) is 89.2 cm³/mol. The van der Waals surface area contributed by atoms with E-state index in [1.807, 2.05) is 6.07 Å². The van der Waals surface area contributed by atoms with Gasteiger partial charge in [0.25, 0.3) is 0 Å². The van der Waals surface area contributed by atoms with Crippen LogP contribution in [0.1, 0.15) is 25.0 Å². The predicted octanol–water partition coefficient (Wildman–Crippen LogP) is 3.21. The van der Waals surface area contributed by atoms with Crippen LogP contribution in [0.4, 0.5) is 5.69 Å². The number of aromatic nitrogens is 1. The van der Waals surface area contributed by atoms with Crippen LogP contribution in [0, 0.1) is 0 Å². The molecule has 0 unspecified atom stereocenters. The Hall–Kier alpha value is -1.81. The molecule has 0 amide bonds. The maximum atomic E-state index is 4.85. The van der Waals surface area contributed by atoms with E-state index >= 15 is 0 Å². The first-order valence-corrected chi connectivity index (χ1v) is 8.33. The Morgan fingerprint density at radius 1 is 0.909 bits per heavy atom. The lowest BCUT2D eigenvalue weighted by molar-refractivity contribution is 0.252. The van der Waals surface area contributed by atoms with E-state index in [4.69, 9.17) is 4.52 Å². The summed E-state index contributed by atoms with van der Waals surface area (Å²) in [6.07, 6.45) is 6.45. The first-order chi connectivity index (χ1) is 10.9. The van der Waals surface area contributed by atoms with Crippen LogP contribution in [0.2, 0.25) is 0 Å². The Labute approximate surface area is 132 Å². The minimum Gasteiger partial charge on any atom is -0.369 e. The van der Waals surface area contributed by atoms with Gasteiger partial charge in [0.15, 0.2) is 0 Å². The summed E-state index contributed by atoms with van der Waals surface area (Å²) in [7, 11) is 0. The smallest absolute Gasteiger partial charge is 0.124 e. The summed E-state index contributed by atoms with van der Waals surface area (Å²) in [6, 6.07) is 12.7. The SMILES string of the molecule is c1ccc(N2CCN(CCCCCc3ccon3)CC2)cc1. The molecule has 1 aromatic heterocycles. The molecule has 118 valence electrons. The number of hydrogen-bond acceptors (Lipinski definition) is 4. The zero-order chi connectivity index (χ0) is 15.0. The zero-order valence-corrected chi connectivity index (χ0v) is 13.2. The van der Waals surface area contributed by atoms with E-state index < -0.39 is 0 Å². The normalized spacial score (nSPS) is 16.1. The van der Waals surface area contributed by atoms with E-state index in [-0.39, 0.29) is 0 Å². The molecule has 0 saturated carbocycles. The van der Waals surface area contributed by atoms with Crippen LogP contribution in [-0.2, 0) is 6.42 Å². The van der Waals surface area contributed by atoms with Gasteiger partial charge in [-0.2, -0.15) is 0 Å². The van der Waals surface area contributed by atoms with E-state index in [9.17, 15) is 0 Å². The molecule has 2 aromatic rings. The fourth-order valence-corrected chi connectivity index (χ4v) is 3.05. The Kier molecular flexibility index (Phi) is 5.48. The molecule has 1 fully saturated rings. The van der Waals surface area contributed by atoms with E-state index in [0.717, 1.165) is 25.2 Å². The monoisotopic (exact) mass is 299 g/mol. The number of anilines is 1. The summed E-state index contributed by atoms with van der Waals surface area (Å²) in [5, 5.41) is 3.95. The van der Waals surface area contributed by atoms with Gasteiger partial charge >= 0.3 is 0 Å². The summed E-state index contributed by atoms with van der Waals surface area (Å²) in [6.45, 7) is 5.86. The first-order valence-electron chi connectivity index (χ1n) is 8.33. The van der Waals surface area contributed by atoms with Gasteiger partial charge in [-0.3, -0.25) is 4.90 Å². The summed E-state index contributed by atoms with van der Waals surface area (Å²) >= 11 is 0. The zero-order valence-electron chi connectivity index (χ0n) is 13.2. The number of piperazine rings is 1. The quantitative estimate of drug-likeness (QED) is 0.735. The van der Waals surface area contributed by atoms with Crippen molar-refractivity contribution >= 4 is 5.69 Å². The minimum atomic E-state index is 1.04. The lowest BCUT2D eigenvalue weighted by Crippen LogP contribution is -2.46. The van der Waals surface area contributed by atoms with Crippen molar-refractivity contribution in [3.8, 4) is 0 Å². The van der Waals surface area contributed by atoms with Crippen LogP contribution in [0.15, 0.2) is 47.2 Å². The van der Waals surface area contributed by atoms with Gasteiger partial charge in [0.1, 0.15) is 6.26 Å². The standard InChI is InChI=1S/C18H25N3O/c1-4-8-18(9-5-1)21-14-12-20(13-15-21)11-6-2-3-7-17-10-16-22-19-17/h1,4-5,8-10,16H,2-3,6-7,11-15H2. The second-order valence-electron chi connectivity index (χ2n) is 5.97. The van der Waals surface area contributed by atoms with Crippen molar-refractivity contribution in [1.29, 1.82) is 0 Å². The lowest BCUT2D eigenvalue weighted by atomic mass is 10.1. The van der Waals surface area contributed by atoms with Gasteiger partial charge < -0.3 is 9.42 Å². The van der Waals surface area contributed by atoms with Gasteiger partial charge in [0.05, 0.1) is 5.69 Å². The van der Waals surface area contributed by atoms with Crippen molar-refractivity contribution in [2.75, 3.05) is 37.6 Å². The average Bonchev–Trinajstić information content (AvgIpc) is 3.09. The number of rotatable bonds is 7. The number of benzene rings is 1. The molecule has 1 aliphatic heterocycles. The molecule has 1 aromatic carbocycles. The highest BCUT2D eigenvalue weighted by Crippen LogP contribution is 2.16. The Balaban J connectivity index is 1.29. The number of hydrogen-bond donors (Lipinski definition) is 0. The molecule has 4 heteroatoms. The molecular weight excluding hydrogens is 274 g/mol. The Morgan fingerprint density at radius 3 is 2.45 bits per heavy atom. The summed E-state index contributed by atoms with van der Waals surface area (Å²) in [5.74, 6) is 0. The molecule has 3 rings (SSSR count). The molecule has 0 bridgehead atoms. The van der Waals surface area contributed by atoms with Crippen molar-refractivity contribution in [1.82, 2.24) is 10.1 Å². The Morgan fingerprint density at radius 2 is 1.73 bits per heavy atom. The molecule has 22 heavy (non-hydrogen) atoms. The van der Waals surface area contributed by atoms with E-state index in [2.05, 4.69) is 45.3 Å². The summed E-state index contributed by atoms with van der Waals surface area (Å²) in [5.41, 5.74) is 2.44. The van der Waals surface area contributed by atoms with Crippen molar-refractivity contribution in [2.45, 2.75) is 25.7 Å². The second-order valence-corrected chi connectivity index (χ2v) is 5.97. The lowest BCUT2D eigenvalue weighted by Gasteiger charge is -2.36. The summed E-state index contributed by atoms with van der Waals surface area (Å²) in [4.78, 5) is 5.08. The highest BCUT2D eigenvalue weighted by Gasteiger charge is 2.16. The van der Waals surface area contributed by atoms with Crippen LogP contribution in [-0.4, -0.2) is 42.8 Å². The molecule has 4 nitrogen and oxygen atoms in total. The third-order valence-electron chi connectivity index (χ3n) is 4.39. The highest BCUT2D eigenvalue weighted by atomic mass is 16.5. The molecule has 0 aliphatic carbocycles. The molecule has 0 spiro atoms. The van der Waals surface area contributed by atoms with Gasteiger partial charge in [-0.15, -0.1) is 0 Å². The van der Waals surface area contributed by atoms with Crippen LogP contribution in [0.5, 0.6) is 0 Å². The van der Waals surface area contributed by atoms with Crippen LogP contribution in [0.3, 0.4) is 0 Å². The number of nitrogens with zero attached hydrogens (tertiary/aromatic N) is 3. The van der Waals surface area contributed by atoms with Gasteiger partial charge in [-0.05, 0) is 37.9 Å². The maximum Gasteiger partial charge on any atom is 0.124 e. The topological polar surface area (TPSA) is 32.5 Å². The fourth-order valence-electron chi connectivity index (χ4n) is 3.05. The van der Waals surface area contributed by atoms with Crippen molar-refractivity contribution in [3.05, 3.63) is 48.4 Å². The highest BCUT2D eigenvalue weighted by molar-refractivity contribution is 5.46. The number of aryl methyl sites for hydroxylation is 1. The molecule has 1 aliphatic rings. The third-order valence-corrected chi connectivity index (χ3v) is 4.39. The minimum absolute atomic E-state index is 1.04. The largest absolute Gasteiger partial charge is 0.369 e. The summed E-state index contributed by atoms with van der Waals surface area (Å²) < 4.78 is 4.85. The van der Waals surface area contributed by atoms with E-state index in [1.54, 1.807) is 6.26 Å². The molecule has 0 N–H and O–H groups in total. The van der Waals surface area contributed by atoms with Gasteiger partial charge in [-0.25, -0.2) is 0 Å². The van der Waals surface area contributed by atoms with Crippen LogP contribution < -0.4 is 4.90 Å². The average molecular weight is 299 g/mol. The molecule has 0 atom stereocenters. The van der Waals surface area contributed by atoms with Gasteiger partial charge in [0.2, 0.25) is 0 Å². The van der Waals surface area contributed by atoms with Crippen LogP contribution >= 0.6 is 0 Å². The fraction of sp³-hybridized carbons (Fsp3) is 0.500. The van der Waals surface area contributed by atoms with E-state index in [1.165, 1.54) is 44.6 Å². The molecule has 0 radical (unpaired) electrons. The third kappa shape index (κ3) is 4.34. The maximum absolute atomic E-state index is 4.85. The molecule has 1 saturated heterocycles.